The first-order valence-electron chi connectivity index (χ1n) is 9.52. The third-order valence-corrected chi connectivity index (χ3v) is 5.46. The molecule has 0 atom stereocenters. The number of aryl methyl sites for hydroxylation is 2. The number of amides is 1. The Morgan fingerprint density at radius 3 is 2.52 bits per heavy atom. The molecule has 29 heavy (non-hydrogen) atoms. The summed E-state index contributed by atoms with van der Waals surface area (Å²) in [5, 5.41) is 10.6. The first kappa shape index (κ1) is 19.1. The minimum absolute atomic E-state index is 0.155. The summed E-state index contributed by atoms with van der Waals surface area (Å²) in [7, 11) is 0. The first-order chi connectivity index (χ1) is 14.1. The van der Waals surface area contributed by atoms with Crippen LogP contribution in [0.1, 0.15) is 26.8 Å². The zero-order chi connectivity index (χ0) is 20.2. The van der Waals surface area contributed by atoms with Gasteiger partial charge in [0, 0.05) is 23.2 Å². The van der Waals surface area contributed by atoms with Gasteiger partial charge in [0.2, 0.25) is 0 Å². The second-order valence-electron chi connectivity index (χ2n) is 6.87. The van der Waals surface area contributed by atoms with Crippen LogP contribution in [0.15, 0.2) is 66.0 Å². The van der Waals surface area contributed by atoms with Crippen molar-refractivity contribution in [2.45, 2.75) is 20.3 Å². The third-order valence-electron chi connectivity index (χ3n) is 4.69. The molecule has 0 bridgehead atoms. The highest BCUT2D eigenvalue weighted by Crippen LogP contribution is 2.21. The molecule has 0 saturated heterocycles. The van der Waals surface area contributed by atoms with Crippen molar-refractivity contribution in [3.63, 3.8) is 0 Å². The molecule has 2 aromatic heterocycles. The number of hydrogen-bond acceptors (Lipinski definition) is 4. The van der Waals surface area contributed by atoms with Crippen molar-refractivity contribution in [3.05, 3.63) is 88.0 Å². The van der Waals surface area contributed by atoms with Gasteiger partial charge in [-0.15, -0.1) is 11.3 Å². The van der Waals surface area contributed by atoms with Crippen molar-refractivity contribution >= 4 is 17.2 Å². The van der Waals surface area contributed by atoms with E-state index >= 15 is 0 Å². The molecule has 0 radical (unpaired) electrons. The zero-order valence-electron chi connectivity index (χ0n) is 16.4. The Labute approximate surface area is 174 Å². The fourth-order valence-electron chi connectivity index (χ4n) is 3.17. The van der Waals surface area contributed by atoms with E-state index in [-0.39, 0.29) is 5.91 Å². The molecule has 0 aliphatic rings. The maximum absolute atomic E-state index is 12.5. The molecule has 146 valence electrons. The quantitative estimate of drug-likeness (QED) is 0.513. The molecular weight excluding hydrogens is 380 g/mol. The maximum Gasteiger partial charge on any atom is 0.271 e. The number of aromatic nitrogens is 3. The Hall–Kier alpha value is -3.25. The standard InChI is InChI=1S/C23H22N4OS/c1-16-14-21(26-27(16)20-6-4-3-5-7-20)23(28)24-13-12-18-8-10-19(11-9-18)22-15-29-17(2)25-22/h3-11,14-15H,12-13H2,1-2H3,(H,24,28). The minimum Gasteiger partial charge on any atom is -0.350 e. The van der Waals surface area contributed by atoms with Crippen molar-refractivity contribution < 1.29 is 4.79 Å². The summed E-state index contributed by atoms with van der Waals surface area (Å²) in [6, 6.07) is 20.0. The smallest absolute Gasteiger partial charge is 0.271 e. The minimum atomic E-state index is -0.155. The Kier molecular flexibility index (Phi) is 5.53. The number of nitrogens with one attached hydrogen (secondary N) is 1. The summed E-state index contributed by atoms with van der Waals surface area (Å²) in [6.07, 6.45) is 0.764. The summed E-state index contributed by atoms with van der Waals surface area (Å²) in [6.45, 7) is 4.52. The first-order valence-corrected chi connectivity index (χ1v) is 10.4. The van der Waals surface area contributed by atoms with E-state index in [9.17, 15) is 4.79 Å². The fourth-order valence-corrected chi connectivity index (χ4v) is 3.79. The fraction of sp³-hybridized carbons (Fsp3) is 0.174. The third kappa shape index (κ3) is 4.43. The molecule has 5 nitrogen and oxygen atoms in total. The molecule has 0 aliphatic heterocycles. The second kappa shape index (κ2) is 8.41. The largest absolute Gasteiger partial charge is 0.350 e. The lowest BCUT2D eigenvalue weighted by atomic mass is 10.1. The number of para-hydroxylation sites is 1. The molecular formula is C23H22N4OS. The van der Waals surface area contributed by atoms with E-state index in [1.54, 1.807) is 16.0 Å². The van der Waals surface area contributed by atoms with E-state index in [1.165, 1.54) is 5.56 Å². The highest BCUT2D eigenvalue weighted by Gasteiger charge is 2.13. The molecule has 1 amide bonds. The Morgan fingerprint density at radius 2 is 1.83 bits per heavy atom. The number of rotatable bonds is 6. The van der Waals surface area contributed by atoms with Gasteiger partial charge in [-0.1, -0.05) is 42.5 Å². The summed E-state index contributed by atoms with van der Waals surface area (Å²) >= 11 is 1.65. The Bertz CT molecular complexity index is 1110. The van der Waals surface area contributed by atoms with Crippen LogP contribution >= 0.6 is 11.3 Å². The van der Waals surface area contributed by atoms with Crippen LogP contribution in [0.4, 0.5) is 0 Å². The topological polar surface area (TPSA) is 59.8 Å². The number of thiazole rings is 1. The van der Waals surface area contributed by atoms with Crippen LogP contribution in [0, 0.1) is 13.8 Å². The van der Waals surface area contributed by atoms with Gasteiger partial charge < -0.3 is 5.32 Å². The van der Waals surface area contributed by atoms with E-state index in [0.29, 0.717) is 12.2 Å². The van der Waals surface area contributed by atoms with Crippen molar-refractivity contribution in [3.8, 4) is 16.9 Å². The van der Waals surface area contributed by atoms with E-state index in [4.69, 9.17) is 0 Å². The van der Waals surface area contributed by atoms with Gasteiger partial charge in [-0.2, -0.15) is 5.10 Å². The van der Waals surface area contributed by atoms with Gasteiger partial charge >= 0.3 is 0 Å². The van der Waals surface area contributed by atoms with Crippen LogP contribution in [-0.4, -0.2) is 27.2 Å². The summed E-state index contributed by atoms with van der Waals surface area (Å²) in [5.41, 5.74) is 5.60. The number of hydrogen-bond donors (Lipinski definition) is 1. The zero-order valence-corrected chi connectivity index (χ0v) is 17.2. The second-order valence-corrected chi connectivity index (χ2v) is 7.94. The van der Waals surface area contributed by atoms with Gasteiger partial charge in [-0.25, -0.2) is 9.67 Å². The molecule has 0 aliphatic carbocycles. The van der Waals surface area contributed by atoms with Crippen LogP contribution in [0.25, 0.3) is 16.9 Å². The molecule has 0 fully saturated rings. The van der Waals surface area contributed by atoms with Crippen molar-refractivity contribution in [2.75, 3.05) is 6.54 Å². The molecule has 1 N–H and O–H groups in total. The average molecular weight is 403 g/mol. The monoisotopic (exact) mass is 402 g/mol. The van der Waals surface area contributed by atoms with Crippen LogP contribution < -0.4 is 5.32 Å². The number of nitrogens with zero attached hydrogens (tertiary/aromatic N) is 3. The molecule has 4 aromatic rings. The van der Waals surface area contributed by atoms with Gasteiger partial charge in [-0.3, -0.25) is 4.79 Å². The van der Waals surface area contributed by atoms with Gasteiger partial charge in [0.25, 0.3) is 5.91 Å². The molecule has 0 spiro atoms. The lowest BCUT2D eigenvalue weighted by Gasteiger charge is -2.05. The molecule has 4 rings (SSSR count). The highest BCUT2D eigenvalue weighted by atomic mass is 32.1. The lowest BCUT2D eigenvalue weighted by Crippen LogP contribution is -2.26. The Balaban J connectivity index is 1.34. The lowest BCUT2D eigenvalue weighted by molar-refractivity contribution is 0.0948. The predicted molar refractivity (Wildman–Crippen MR) is 117 cm³/mol. The normalized spacial score (nSPS) is 10.8. The molecule has 2 aromatic carbocycles. The molecule has 0 saturated carbocycles. The molecule has 6 heteroatoms. The number of benzene rings is 2. The van der Waals surface area contributed by atoms with Gasteiger partial charge in [0.05, 0.1) is 16.4 Å². The van der Waals surface area contributed by atoms with E-state index in [0.717, 1.165) is 34.1 Å². The highest BCUT2D eigenvalue weighted by molar-refractivity contribution is 7.09. The maximum atomic E-state index is 12.5. The van der Waals surface area contributed by atoms with Crippen molar-refractivity contribution in [2.24, 2.45) is 0 Å². The molecule has 2 heterocycles. The number of carbonyl (C=O) groups excluding carboxylic acids is 1. The van der Waals surface area contributed by atoms with E-state index in [1.807, 2.05) is 50.2 Å². The van der Waals surface area contributed by atoms with Gasteiger partial charge in [-0.05, 0) is 44.0 Å². The summed E-state index contributed by atoms with van der Waals surface area (Å²) < 4.78 is 1.79. The van der Waals surface area contributed by atoms with Crippen molar-refractivity contribution in [1.82, 2.24) is 20.1 Å². The summed E-state index contributed by atoms with van der Waals surface area (Å²) in [5.74, 6) is -0.155. The van der Waals surface area contributed by atoms with Crippen LogP contribution in [0.3, 0.4) is 0 Å². The van der Waals surface area contributed by atoms with Gasteiger partial charge in [0.15, 0.2) is 5.69 Å². The van der Waals surface area contributed by atoms with E-state index < -0.39 is 0 Å². The SMILES string of the molecule is Cc1nc(-c2ccc(CCNC(=O)c3cc(C)n(-c4ccccc4)n3)cc2)cs1. The van der Waals surface area contributed by atoms with Gasteiger partial charge in [0.1, 0.15) is 0 Å². The predicted octanol–water partition coefficient (Wildman–Crippen LogP) is 4.59. The van der Waals surface area contributed by atoms with E-state index in [2.05, 4.69) is 45.0 Å². The summed E-state index contributed by atoms with van der Waals surface area (Å²) in [4.78, 5) is 17.0. The van der Waals surface area contributed by atoms with Crippen LogP contribution in [0.2, 0.25) is 0 Å². The number of carbonyl (C=O) groups is 1. The van der Waals surface area contributed by atoms with Crippen LogP contribution in [0.5, 0.6) is 0 Å². The average Bonchev–Trinajstić information content (AvgIpc) is 3.35. The molecule has 0 unspecified atom stereocenters. The van der Waals surface area contributed by atoms with Crippen LogP contribution in [-0.2, 0) is 6.42 Å². The van der Waals surface area contributed by atoms with Crippen molar-refractivity contribution in [1.29, 1.82) is 0 Å². The Morgan fingerprint density at radius 1 is 1.07 bits per heavy atom.